The Hall–Kier alpha value is -7.11. The number of benzene rings is 8. The van der Waals surface area contributed by atoms with Gasteiger partial charge in [-0.15, -0.1) is 54.1 Å². The van der Waals surface area contributed by atoms with Gasteiger partial charge >= 0.3 is 0 Å². The third kappa shape index (κ3) is 9.33. The first-order valence-electron chi connectivity index (χ1n) is 26.2. The zero-order valence-electron chi connectivity index (χ0n) is 45.2. The molecule has 367 valence electrons. The number of hydrogen-bond acceptors (Lipinski definition) is 4. The molecule has 6 heteroatoms. The van der Waals surface area contributed by atoms with Crippen molar-refractivity contribution in [1.82, 2.24) is 14.5 Å². The number of imidazole rings is 1. The van der Waals surface area contributed by atoms with E-state index in [0.717, 1.165) is 77.0 Å². The van der Waals surface area contributed by atoms with E-state index in [1.54, 1.807) is 0 Å². The fourth-order valence-electron chi connectivity index (χ4n) is 10.1. The Morgan fingerprint density at radius 2 is 1.29 bits per heavy atom. The zero-order valence-corrected chi connectivity index (χ0v) is 45.6. The molecule has 12 aromatic rings. The largest absolute Gasteiger partial charge is 0.497 e. The Balaban J connectivity index is 0.000000323. The van der Waals surface area contributed by atoms with E-state index in [1.807, 2.05) is 87.6 Å². The first-order valence-corrected chi connectivity index (χ1v) is 25.2. The summed E-state index contributed by atoms with van der Waals surface area (Å²) in [4.78, 5) is 9.90. The van der Waals surface area contributed by atoms with E-state index in [1.165, 1.54) is 27.8 Å². The summed E-state index contributed by atoms with van der Waals surface area (Å²) in [6.45, 7) is 21.6. The van der Waals surface area contributed by atoms with E-state index in [9.17, 15) is 2.74 Å². The van der Waals surface area contributed by atoms with Crippen LogP contribution in [0.25, 0.3) is 105 Å². The fourth-order valence-corrected chi connectivity index (χ4v) is 10.1. The Kier molecular flexibility index (Phi) is 12.5. The van der Waals surface area contributed by atoms with Gasteiger partial charge in [-0.25, -0.2) is 0 Å². The van der Waals surface area contributed by atoms with Gasteiger partial charge in [-0.1, -0.05) is 159 Å². The van der Waals surface area contributed by atoms with Gasteiger partial charge in [0.25, 0.3) is 0 Å². The van der Waals surface area contributed by atoms with Crippen LogP contribution in [0.4, 0.5) is 0 Å². The van der Waals surface area contributed by atoms with E-state index in [2.05, 4.69) is 167 Å². The fraction of sp³-hybridized carbons (Fsp3) is 0.224. The molecule has 0 N–H and O–H groups in total. The van der Waals surface area contributed by atoms with Crippen LogP contribution in [-0.4, -0.2) is 14.5 Å². The summed E-state index contributed by atoms with van der Waals surface area (Å²) in [6.07, 6.45) is 0.268. The molecule has 0 atom stereocenters. The van der Waals surface area contributed by atoms with Crippen LogP contribution in [0.15, 0.2) is 173 Å². The first kappa shape index (κ1) is 46.9. The predicted molar refractivity (Wildman–Crippen MR) is 301 cm³/mol. The second kappa shape index (κ2) is 19.4. The summed E-state index contributed by atoms with van der Waals surface area (Å²) in [5.41, 5.74) is 14.8. The van der Waals surface area contributed by atoms with Gasteiger partial charge in [0, 0.05) is 50.9 Å². The molecular weight excluding hydrogens is 1070 g/mol. The molecule has 0 saturated carbocycles. The van der Waals surface area contributed by atoms with Crippen LogP contribution in [0.2, 0.25) is 0 Å². The van der Waals surface area contributed by atoms with Gasteiger partial charge < -0.3 is 18.4 Å². The Labute approximate surface area is 445 Å². The number of rotatable bonds is 7. The maximum absolute atomic E-state index is 9.41. The molecule has 0 aliphatic rings. The molecule has 4 aromatic heterocycles. The molecule has 0 fully saturated rings. The third-order valence-electron chi connectivity index (χ3n) is 13.7. The average molecular weight is 1130 g/mol. The molecular formula is C67H61IrN3O2-2. The van der Waals surface area contributed by atoms with Crippen LogP contribution < -0.4 is 0 Å². The minimum atomic E-state index is -1.60. The molecule has 0 aliphatic carbocycles. The molecule has 5 nitrogen and oxygen atoms in total. The SMILES string of the molecule is CC(C)(C)c1ccnc(-c2[c-]cccc2)c1.[2H]C([2H])(c1cccc2cc3nc(-c4[c-]ccc5c4oc4c5ccc5c6ccccc6oc54)n(-c4c(C(C)C)cc(-c5ccccc5)cc4C(C)C)c3cc12)C(C)(C)C.[Ir]. The van der Waals surface area contributed by atoms with Gasteiger partial charge in [-0.2, -0.15) is 0 Å². The quantitative estimate of drug-likeness (QED) is 0.149. The molecule has 8 aromatic carbocycles. The van der Waals surface area contributed by atoms with Gasteiger partial charge in [0.1, 0.15) is 5.58 Å². The molecule has 12 rings (SSSR count). The maximum atomic E-state index is 9.41. The molecule has 1 radical (unpaired) electrons. The van der Waals surface area contributed by atoms with Crippen LogP contribution in [0, 0.1) is 17.5 Å². The van der Waals surface area contributed by atoms with E-state index in [-0.39, 0.29) is 37.4 Å². The van der Waals surface area contributed by atoms with Gasteiger partial charge in [-0.05, 0) is 121 Å². The van der Waals surface area contributed by atoms with E-state index in [0.29, 0.717) is 22.6 Å². The number of para-hydroxylation sites is 1. The van der Waals surface area contributed by atoms with Gasteiger partial charge in [-0.3, -0.25) is 4.98 Å². The van der Waals surface area contributed by atoms with E-state index in [4.69, 9.17) is 13.8 Å². The second-order valence-corrected chi connectivity index (χ2v) is 21.8. The molecule has 0 unspecified atom stereocenters. The monoisotopic (exact) mass is 1130 g/mol. The summed E-state index contributed by atoms with van der Waals surface area (Å²) >= 11 is 0. The van der Waals surface area contributed by atoms with Crippen molar-refractivity contribution in [3.63, 3.8) is 0 Å². The van der Waals surface area contributed by atoms with Crippen molar-refractivity contribution in [2.24, 2.45) is 5.41 Å². The number of pyridine rings is 1. The number of hydrogen-bond donors (Lipinski definition) is 0. The Bertz CT molecular complexity index is 4050. The van der Waals surface area contributed by atoms with E-state index >= 15 is 0 Å². The molecule has 73 heavy (non-hydrogen) atoms. The summed E-state index contributed by atoms with van der Waals surface area (Å²) in [5, 5.41) is 5.82. The zero-order chi connectivity index (χ0) is 51.8. The van der Waals surface area contributed by atoms with Crippen molar-refractivity contribution < 1.29 is 31.7 Å². The summed E-state index contributed by atoms with van der Waals surface area (Å²) < 4.78 is 34.5. The van der Waals surface area contributed by atoms with Crippen LogP contribution in [-0.2, 0) is 31.9 Å². The minimum absolute atomic E-state index is 0. The summed E-state index contributed by atoms with van der Waals surface area (Å²) in [7, 11) is 0. The van der Waals surface area contributed by atoms with Crippen molar-refractivity contribution in [3.05, 3.63) is 198 Å². The average Bonchev–Trinajstić information content (AvgIpc) is 4.09. The Morgan fingerprint density at radius 1 is 0.603 bits per heavy atom. The predicted octanol–water partition coefficient (Wildman–Crippen LogP) is 18.8. The van der Waals surface area contributed by atoms with Gasteiger partial charge in [0.15, 0.2) is 11.2 Å². The molecule has 0 amide bonds. The van der Waals surface area contributed by atoms with Crippen molar-refractivity contribution >= 4 is 65.7 Å². The normalized spacial score (nSPS) is 12.8. The first-order chi connectivity index (χ1) is 35.4. The molecule has 0 saturated heterocycles. The summed E-state index contributed by atoms with van der Waals surface area (Å²) in [6, 6.07) is 60.9. The van der Waals surface area contributed by atoms with Crippen molar-refractivity contribution in [3.8, 4) is 39.5 Å². The molecule has 0 spiro atoms. The van der Waals surface area contributed by atoms with Crippen LogP contribution in [0.5, 0.6) is 0 Å². The van der Waals surface area contributed by atoms with Gasteiger partial charge in [0.05, 0.1) is 22.4 Å². The number of furan rings is 2. The van der Waals surface area contributed by atoms with Gasteiger partial charge in [0.2, 0.25) is 0 Å². The molecule has 4 heterocycles. The smallest absolute Gasteiger partial charge is 0.177 e. The van der Waals surface area contributed by atoms with Crippen LogP contribution in [0.3, 0.4) is 0 Å². The second-order valence-electron chi connectivity index (χ2n) is 21.8. The number of fused-ring (bicyclic) bond motifs is 9. The van der Waals surface area contributed by atoms with E-state index < -0.39 is 11.8 Å². The van der Waals surface area contributed by atoms with Crippen LogP contribution >= 0.6 is 0 Å². The van der Waals surface area contributed by atoms with Crippen molar-refractivity contribution in [2.45, 2.75) is 92.9 Å². The molecule has 0 bridgehead atoms. The number of nitrogens with zero attached hydrogens (tertiary/aromatic N) is 3. The van der Waals surface area contributed by atoms with Crippen molar-refractivity contribution in [1.29, 1.82) is 0 Å². The standard InChI is InChI=1S/C52H45N2O2.C15H16N.Ir/c1-30(2)41-25-35(32-15-9-8-10-16-32)26-42(31(3)4)47(41)54-45-28-43-33(17-13-18-34(43)29-52(5,6)7)27-44(45)53-51(54)40-21-14-20-37-39-24-23-38-36-19-11-12-22-46(36)55-49(38)50(39)56-48(37)40;1-15(2,3)13-9-10-16-14(11-13)12-7-5-4-6-8-12;/h8-20,22-28,30-31H,29H2,1-7H3;4-7,9-11H,1-3H3;/q2*-1;/i29D2;;. The number of aromatic nitrogens is 3. The van der Waals surface area contributed by atoms with Crippen molar-refractivity contribution in [2.75, 3.05) is 0 Å². The third-order valence-corrected chi connectivity index (χ3v) is 13.7. The maximum Gasteiger partial charge on any atom is 0.177 e. The molecule has 0 aliphatic heterocycles. The Morgan fingerprint density at radius 3 is 1.99 bits per heavy atom. The topological polar surface area (TPSA) is 57.0 Å². The van der Waals surface area contributed by atoms with Crippen LogP contribution in [0.1, 0.15) is 106 Å². The minimum Gasteiger partial charge on any atom is -0.497 e. The summed E-state index contributed by atoms with van der Waals surface area (Å²) in [5.74, 6) is 1.05.